The maximum absolute atomic E-state index is 12.5. The maximum Gasteiger partial charge on any atom is 0.345 e. The Balaban J connectivity index is 1.28. The van der Waals surface area contributed by atoms with Crippen LogP contribution in [0.1, 0.15) is 10.4 Å². The summed E-state index contributed by atoms with van der Waals surface area (Å²) in [6, 6.07) is 26.4. The lowest BCUT2D eigenvalue weighted by molar-refractivity contribution is 0.0962. The lowest BCUT2D eigenvalue weighted by Gasteiger charge is -2.07. The third kappa shape index (κ3) is 4.01. The van der Waals surface area contributed by atoms with Gasteiger partial charge >= 0.3 is 5.63 Å². The number of carbonyl (C=O) groups is 1. The number of aromatic nitrogens is 1. The van der Waals surface area contributed by atoms with Crippen LogP contribution < -0.4 is 16.5 Å². The predicted octanol–water partition coefficient (Wildman–Crippen LogP) is 5.34. The molecule has 0 aliphatic rings. The minimum absolute atomic E-state index is 0.286. The Bertz CT molecular complexity index is 1460. The summed E-state index contributed by atoms with van der Waals surface area (Å²) in [5.41, 5.74) is 9.02. The minimum atomic E-state index is -0.455. The van der Waals surface area contributed by atoms with Gasteiger partial charge in [0.15, 0.2) is 0 Å². The molecule has 2 aromatic heterocycles. The summed E-state index contributed by atoms with van der Waals surface area (Å²) in [5, 5.41) is 3.02. The molecule has 0 saturated heterocycles. The first-order chi connectivity index (χ1) is 15.7. The van der Waals surface area contributed by atoms with Crippen LogP contribution in [0, 0.1) is 0 Å². The van der Waals surface area contributed by atoms with Gasteiger partial charge in [0.05, 0.1) is 11.3 Å². The van der Waals surface area contributed by atoms with Gasteiger partial charge in [-0.15, -0.1) is 11.3 Å². The molecule has 0 radical (unpaired) electrons. The van der Waals surface area contributed by atoms with E-state index in [1.807, 2.05) is 60.7 Å². The zero-order valence-electron chi connectivity index (χ0n) is 16.7. The largest absolute Gasteiger partial charge is 0.422 e. The number of amides is 1. The number of rotatable bonds is 5. The van der Waals surface area contributed by atoms with Crippen LogP contribution in [0.3, 0.4) is 0 Å². The Morgan fingerprint density at radius 1 is 0.875 bits per heavy atom. The van der Waals surface area contributed by atoms with E-state index < -0.39 is 5.63 Å². The highest BCUT2D eigenvalue weighted by molar-refractivity contribution is 7.14. The second kappa shape index (κ2) is 8.49. The number of nitrogens with zero attached hydrogens (tertiary/aromatic N) is 1. The van der Waals surface area contributed by atoms with E-state index in [0.717, 1.165) is 16.5 Å². The Kier molecular flexibility index (Phi) is 5.23. The zero-order valence-corrected chi connectivity index (χ0v) is 17.6. The highest BCUT2D eigenvalue weighted by Gasteiger charge is 2.12. The number of hydrazine groups is 1. The van der Waals surface area contributed by atoms with Crippen molar-refractivity contribution in [3.05, 3.63) is 106 Å². The van der Waals surface area contributed by atoms with E-state index in [0.29, 0.717) is 27.5 Å². The van der Waals surface area contributed by atoms with Crippen molar-refractivity contribution in [2.75, 3.05) is 5.43 Å². The van der Waals surface area contributed by atoms with Crippen molar-refractivity contribution >= 4 is 33.3 Å². The molecule has 2 heterocycles. The molecule has 7 heteroatoms. The van der Waals surface area contributed by atoms with Gasteiger partial charge in [-0.3, -0.25) is 15.6 Å². The van der Waals surface area contributed by atoms with Crippen molar-refractivity contribution in [2.24, 2.45) is 0 Å². The molecule has 3 aromatic carbocycles. The molecule has 0 bridgehead atoms. The van der Waals surface area contributed by atoms with Gasteiger partial charge in [0, 0.05) is 16.3 Å². The summed E-state index contributed by atoms with van der Waals surface area (Å²) in [4.78, 5) is 29.2. The number of fused-ring (bicyclic) bond motifs is 1. The Morgan fingerprint density at radius 2 is 1.59 bits per heavy atom. The van der Waals surface area contributed by atoms with Crippen molar-refractivity contribution < 1.29 is 9.21 Å². The molecular formula is C25H17N3O3S. The van der Waals surface area contributed by atoms with E-state index in [4.69, 9.17) is 4.42 Å². The first kappa shape index (κ1) is 19.7. The van der Waals surface area contributed by atoms with Gasteiger partial charge in [0.1, 0.15) is 5.58 Å². The number of para-hydroxylation sites is 1. The number of hydrogen-bond donors (Lipinski definition) is 2. The fourth-order valence-corrected chi connectivity index (χ4v) is 3.99. The summed E-state index contributed by atoms with van der Waals surface area (Å²) in [6.07, 6.45) is 0. The average Bonchev–Trinajstić information content (AvgIpc) is 3.31. The molecule has 0 unspecified atom stereocenters. The number of nitrogens with one attached hydrogen (secondary N) is 2. The number of thiazole rings is 1. The fourth-order valence-electron chi connectivity index (χ4n) is 3.32. The molecule has 5 rings (SSSR count). The Labute approximate surface area is 187 Å². The second-order valence-corrected chi connectivity index (χ2v) is 7.90. The van der Waals surface area contributed by atoms with Crippen LogP contribution in [-0.4, -0.2) is 10.9 Å². The topological polar surface area (TPSA) is 84.2 Å². The lowest BCUT2D eigenvalue weighted by Crippen LogP contribution is -2.29. The molecule has 0 saturated carbocycles. The van der Waals surface area contributed by atoms with Gasteiger partial charge in [-0.25, -0.2) is 9.78 Å². The van der Waals surface area contributed by atoms with Crippen LogP contribution in [0.2, 0.25) is 0 Å². The van der Waals surface area contributed by atoms with Crippen molar-refractivity contribution in [3.63, 3.8) is 0 Å². The van der Waals surface area contributed by atoms with Gasteiger partial charge in [-0.05, 0) is 35.4 Å². The highest BCUT2D eigenvalue weighted by atomic mass is 32.1. The van der Waals surface area contributed by atoms with Gasteiger partial charge < -0.3 is 4.42 Å². The molecule has 0 aliphatic carbocycles. The molecule has 0 spiro atoms. The zero-order chi connectivity index (χ0) is 21.9. The third-order valence-electron chi connectivity index (χ3n) is 4.96. The Morgan fingerprint density at radius 3 is 2.41 bits per heavy atom. The smallest absolute Gasteiger partial charge is 0.345 e. The number of anilines is 1. The maximum atomic E-state index is 12.5. The van der Waals surface area contributed by atoms with Crippen molar-refractivity contribution in [1.29, 1.82) is 0 Å². The summed E-state index contributed by atoms with van der Waals surface area (Å²) in [7, 11) is 0. The Hall–Kier alpha value is -4.23. The average molecular weight is 439 g/mol. The summed E-state index contributed by atoms with van der Waals surface area (Å²) in [5.74, 6) is -0.286. The van der Waals surface area contributed by atoms with Gasteiger partial charge in [-0.2, -0.15) is 0 Å². The quantitative estimate of drug-likeness (QED) is 0.285. The highest BCUT2D eigenvalue weighted by Crippen LogP contribution is 2.25. The second-order valence-electron chi connectivity index (χ2n) is 7.05. The van der Waals surface area contributed by atoms with E-state index in [1.54, 1.807) is 29.6 Å². The molecule has 0 atom stereocenters. The van der Waals surface area contributed by atoms with Gasteiger partial charge in [0.2, 0.25) is 5.13 Å². The normalized spacial score (nSPS) is 10.8. The first-order valence-corrected chi connectivity index (χ1v) is 10.8. The van der Waals surface area contributed by atoms with Gasteiger partial charge in [0.25, 0.3) is 5.91 Å². The monoisotopic (exact) mass is 439 g/mol. The van der Waals surface area contributed by atoms with E-state index >= 15 is 0 Å². The molecule has 1 amide bonds. The molecule has 5 aromatic rings. The third-order valence-corrected chi connectivity index (χ3v) is 5.72. The van der Waals surface area contributed by atoms with Crippen molar-refractivity contribution in [1.82, 2.24) is 10.4 Å². The summed E-state index contributed by atoms with van der Waals surface area (Å²) >= 11 is 1.28. The SMILES string of the molecule is O=C(NNc1nc(-c2cc3ccccc3oc2=O)cs1)c1ccc(-c2ccccc2)cc1. The molecule has 6 nitrogen and oxygen atoms in total. The number of benzene rings is 3. The van der Waals surface area contributed by atoms with Gasteiger partial charge in [-0.1, -0.05) is 60.7 Å². The molecule has 0 aliphatic heterocycles. The molecular weight excluding hydrogens is 422 g/mol. The van der Waals surface area contributed by atoms with Crippen LogP contribution in [-0.2, 0) is 0 Å². The minimum Gasteiger partial charge on any atom is -0.422 e. The lowest BCUT2D eigenvalue weighted by atomic mass is 10.0. The molecule has 0 fully saturated rings. The predicted molar refractivity (Wildman–Crippen MR) is 127 cm³/mol. The fraction of sp³-hybridized carbons (Fsp3) is 0. The van der Waals surface area contributed by atoms with Crippen molar-refractivity contribution in [2.45, 2.75) is 0 Å². The first-order valence-electron chi connectivity index (χ1n) is 9.88. The van der Waals surface area contributed by atoms with E-state index in [2.05, 4.69) is 15.8 Å². The van der Waals surface area contributed by atoms with Crippen LogP contribution in [0.15, 0.2) is 99.5 Å². The van der Waals surface area contributed by atoms with E-state index in [-0.39, 0.29) is 5.91 Å². The number of hydrogen-bond acceptors (Lipinski definition) is 6. The van der Waals surface area contributed by atoms with Crippen LogP contribution in [0.5, 0.6) is 0 Å². The van der Waals surface area contributed by atoms with E-state index in [1.165, 1.54) is 11.3 Å². The van der Waals surface area contributed by atoms with E-state index in [9.17, 15) is 9.59 Å². The molecule has 156 valence electrons. The summed E-state index contributed by atoms with van der Waals surface area (Å²) in [6.45, 7) is 0. The standard InChI is InChI=1S/C25H17N3O3S/c29-23(18-12-10-17(11-13-18)16-6-2-1-3-7-16)27-28-25-26-21(15-32-25)20-14-19-8-4-5-9-22(19)31-24(20)30/h1-15H,(H,26,28)(H,27,29). The molecule has 32 heavy (non-hydrogen) atoms. The van der Waals surface area contributed by atoms with Crippen LogP contribution in [0.4, 0.5) is 5.13 Å². The van der Waals surface area contributed by atoms with Crippen LogP contribution >= 0.6 is 11.3 Å². The summed E-state index contributed by atoms with van der Waals surface area (Å²) < 4.78 is 5.37. The van der Waals surface area contributed by atoms with Crippen LogP contribution in [0.25, 0.3) is 33.4 Å². The van der Waals surface area contributed by atoms with Crippen molar-refractivity contribution in [3.8, 4) is 22.4 Å². The number of carbonyl (C=O) groups excluding carboxylic acids is 1. The molecule has 2 N–H and O–H groups in total.